The standard InChI is InChI=1S/C18H24N4O3/c1-2-9-19-17(24)11-7-8-14(15(23)10-11)20-18(25)16-12-5-3-4-6-13(12)21-22-16/h3-6,11,14-15,23H,2,7-10H2,1H3,(H,19,24)(H,20,25)(H,21,22)/t11-,14+,15+/m0/s1. The van der Waals surface area contributed by atoms with Gasteiger partial charge in [0.2, 0.25) is 5.91 Å². The number of aromatic amines is 1. The first-order chi connectivity index (χ1) is 12.1. The number of benzene rings is 1. The molecule has 2 amide bonds. The minimum atomic E-state index is -0.736. The molecule has 1 saturated carbocycles. The van der Waals surface area contributed by atoms with E-state index in [1.54, 1.807) is 0 Å². The van der Waals surface area contributed by atoms with Gasteiger partial charge in [0.15, 0.2) is 5.69 Å². The summed E-state index contributed by atoms with van der Waals surface area (Å²) in [6.45, 7) is 2.65. The van der Waals surface area contributed by atoms with Crippen molar-refractivity contribution in [1.82, 2.24) is 20.8 Å². The third-order valence-corrected chi connectivity index (χ3v) is 4.74. The van der Waals surface area contributed by atoms with E-state index in [9.17, 15) is 14.7 Å². The molecule has 134 valence electrons. The Hall–Kier alpha value is -2.41. The number of rotatable bonds is 5. The van der Waals surface area contributed by atoms with Crippen LogP contribution in [0.25, 0.3) is 10.9 Å². The summed E-state index contributed by atoms with van der Waals surface area (Å²) < 4.78 is 0. The number of nitrogens with one attached hydrogen (secondary N) is 3. The Morgan fingerprint density at radius 1 is 1.32 bits per heavy atom. The molecule has 1 fully saturated rings. The number of H-pyrrole nitrogens is 1. The molecule has 3 rings (SSSR count). The molecule has 0 unspecified atom stereocenters. The van der Waals surface area contributed by atoms with Gasteiger partial charge in [0.1, 0.15) is 0 Å². The first kappa shape index (κ1) is 17.4. The molecule has 25 heavy (non-hydrogen) atoms. The Kier molecular flexibility index (Phi) is 5.33. The van der Waals surface area contributed by atoms with Gasteiger partial charge >= 0.3 is 0 Å². The van der Waals surface area contributed by atoms with Crippen LogP contribution in [0.4, 0.5) is 0 Å². The molecular weight excluding hydrogens is 320 g/mol. The lowest BCUT2D eigenvalue weighted by molar-refractivity contribution is -0.127. The summed E-state index contributed by atoms with van der Waals surface area (Å²) in [6.07, 6.45) is 1.73. The molecule has 1 heterocycles. The first-order valence-corrected chi connectivity index (χ1v) is 8.80. The normalized spacial score (nSPS) is 23.4. The van der Waals surface area contributed by atoms with Crippen LogP contribution < -0.4 is 10.6 Å². The third kappa shape index (κ3) is 3.82. The van der Waals surface area contributed by atoms with Crippen molar-refractivity contribution in [2.45, 2.75) is 44.8 Å². The average molecular weight is 344 g/mol. The van der Waals surface area contributed by atoms with Crippen molar-refractivity contribution in [2.24, 2.45) is 5.92 Å². The molecular formula is C18H24N4O3. The third-order valence-electron chi connectivity index (χ3n) is 4.74. The van der Waals surface area contributed by atoms with E-state index < -0.39 is 6.10 Å². The highest BCUT2D eigenvalue weighted by Gasteiger charge is 2.34. The number of nitrogens with zero attached hydrogens (tertiary/aromatic N) is 1. The maximum Gasteiger partial charge on any atom is 0.272 e. The molecule has 7 heteroatoms. The predicted octanol–water partition coefficient (Wildman–Crippen LogP) is 1.35. The zero-order valence-electron chi connectivity index (χ0n) is 14.3. The summed E-state index contributed by atoms with van der Waals surface area (Å²) in [6, 6.07) is 7.05. The molecule has 1 aliphatic carbocycles. The number of hydrogen-bond acceptors (Lipinski definition) is 4. The minimum absolute atomic E-state index is 0.0102. The van der Waals surface area contributed by atoms with Crippen LogP contribution >= 0.6 is 0 Å². The second kappa shape index (κ2) is 7.65. The van der Waals surface area contributed by atoms with Crippen molar-refractivity contribution in [1.29, 1.82) is 0 Å². The summed E-state index contributed by atoms with van der Waals surface area (Å²) in [5, 5.41) is 23.7. The number of para-hydroxylation sites is 1. The number of hydrogen-bond donors (Lipinski definition) is 4. The van der Waals surface area contributed by atoms with Crippen molar-refractivity contribution < 1.29 is 14.7 Å². The van der Waals surface area contributed by atoms with E-state index in [2.05, 4.69) is 20.8 Å². The Balaban J connectivity index is 1.60. The fourth-order valence-corrected chi connectivity index (χ4v) is 3.32. The first-order valence-electron chi connectivity index (χ1n) is 8.80. The van der Waals surface area contributed by atoms with Gasteiger partial charge in [-0.2, -0.15) is 5.10 Å². The molecule has 0 saturated heterocycles. The molecule has 0 spiro atoms. The number of aliphatic hydroxyl groups is 1. The quantitative estimate of drug-likeness (QED) is 0.657. The molecule has 4 N–H and O–H groups in total. The number of carbonyl (C=O) groups excluding carboxylic acids is 2. The van der Waals surface area contributed by atoms with Crippen LogP contribution in [0.3, 0.4) is 0 Å². The highest BCUT2D eigenvalue weighted by molar-refractivity contribution is 6.04. The summed E-state index contributed by atoms with van der Waals surface area (Å²) in [5.74, 6) is -0.514. The van der Waals surface area contributed by atoms with Gasteiger partial charge in [0.25, 0.3) is 5.91 Å². The SMILES string of the molecule is CCCNC(=O)[C@H]1CC[C@@H](NC(=O)c2n[nH]c3ccccc23)[C@H](O)C1. The van der Waals surface area contributed by atoms with Gasteiger partial charge in [-0.05, 0) is 31.7 Å². The second-order valence-corrected chi connectivity index (χ2v) is 6.57. The number of aromatic nitrogens is 2. The fourth-order valence-electron chi connectivity index (χ4n) is 3.32. The topological polar surface area (TPSA) is 107 Å². The van der Waals surface area contributed by atoms with E-state index >= 15 is 0 Å². The van der Waals surface area contributed by atoms with Crippen LogP contribution in [0, 0.1) is 5.92 Å². The van der Waals surface area contributed by atoms with Crippen LogP contribution in [-0.2, 0) is 4.79 Å². The minimum Gasteiger partial charge on any atom is -0.391 e. The van der Waals surface area contributed by atoms with E-state index in [1.165, 1.54) is 0 Å². The Morgan fingerprint density at radius 3 is 2.88 bits per heavy atom. The van der Waals surface area contributed by atoms with Gasteiger partial charge in [-0.1, -0.05) is 25.1 Å². The monoisotopic (exact) mass is 344 g/mol. The number of carbonyl (C=O) groups is 2. The van der Waals surface area contributed by atoms with Crippen molar-refractivity contribution in [3.8, 4) is 0 Å². The predicted molar refractivity (Wildman–Crippen MR) is 94.0 cm³/mol. The Bertz CT molecular complexity index is 758. The largest absolute Gasteiger partial charge is 0.391 e. The number of aliphatic hydroxyl groups excluding tert-OH is 1. The molecule has 1 aromatic carbocycles. The summed E-state index contributed by atoms with van der Waals surface area (Å²) in [7, 11) is 0. The van der Waals surface area contributed by atoms with Crippen molar-refractivity contribution >= 4 is 22.7 Å². The Labute approximate surface area is 146 Å². The maximum atomic E-state index is 12.5. The van der Waals surface area contributed by atoms with E-state index in [-0.39, 0.29) is 23.8 Å². The van der Waals surface area contributed by atoms with Crippen LogP contribution in [0.2, 0.25) is 0 Å². The fraction of sp³-hybridized carbons (Fsp3) is 0.500. The van der Waals surface area contributed by atoms with E-state index in [4.69, 9.17) is 0 Å². The van der Waals surface area contributed by atoms with Gasteiger partial charge in [-0.15, -0.1) is 0 Å². The molecule has 0 bridgehead atoms. The summed E-state index contributed by atoms with van der Waals surface area (Å²) in [4.78, 5) is 24.5. The Morgan fingerprint density at radius 2 is 2.12 bits per heavy atom. The van der Waals surface area contributed by atoms with Gasteiger partial charge in [0, 0.05) is 17.8 Å². The van der Waals surface area contributed by atoms with Gasteiger partial charge in [0.05, 0.1) is 17.7 Å². The molecule has 2 aromatic rings. The summed E-state index contributed by atoms with van der Waals surface area (Å²) >= 11 is 0. The average Bonchev–Trinajstić information content (AvgIpc) is 3.05. The molecule has 7 nitrogen and oxygen atoms in total. The lowest BCUT2D eigenvalue weighted by Crippen LogP contribution is -2.49. The van der Waals surface area contributed by atoms with E-state index in [1.807, 2.05) is 31.2 Å². The molecule has 1 aliphatic rings. The molecule has 0 radical (unpaired) electrons. The zero-order valence-corrected chi connectivity index (χ0v) is 14.3. The van der Waals surface area contributed by atoms with Crippen LogP contribution in [0.15, 0.2) is 24.3 Å². The molecule has 0 aliphatic heterocycles. The summed E-state index contributed by atoms with van der Waals surface area (Å²) in [5.41, 5.74) is 1.12. The highest BCUT2D eigenvalue weighted by Crippen LogP contribution is 2.25. The number of amides is 2. The van der Waals surface area contributed by atoms with Gasteiger partial charge in [-0.3, -0.25) is 14.7 Å². The van der Waals surface area contributed by atoms with Crippen molar-refractivity contribution in [3.63, 3.8) is 0 Å². The maximum absolute atomic E-state index is 12.5. The van der Waals surface area contributed by atoms with Crippen LogP contribution in [0.5, 0.6) is 0 Å². The second-order valence-electron chi connectivity index (χ2n) is 6.57. The lowest BCUT2D eigenvalue weighted by atomic mass is 9.83. The van der Waals surface area contributed by atoms with Crippen molar-refractivity contribution in [2.75, 3.05) is 6.54 Å². The lowest BCUT2D eigenvalue weighted by Gasteiger charge is -2.32. The van der Waals surface area contributed by atoms with Crippen LogP contribution in [-0.4, -0.2) is 45.8 Å². The van der Waals surface area contributed by atoms with Gasteiger partial charge < -0.3 is 15.7 Å². The zero-order chi connectivity index (χ0) is 17.8. The van der Waals surface area contributed by atoms with Crippen LogP contribution in [0.1, 0.15) is 43.1 Å². The van der Waals surface area contributed by atoms with Crippen molar-refractivity contribution in [3.05, 3.63) is 30.0 Å². The smallest absolute Gasteiger partial charge is 0.272 e. The number of fused-ring (bicyclic) bond motifs is 1. The van der Waals surface area contributed by atoms with E-state index in [0.717, 1.165) is 17.3 Å². The highest BCUT2D eigenvalue weighted by atomic mass is 16.3. The van der Waals surface area contributed by atoms with E-state index in [0.29, 0.717) is 31.5 Å². The van der Waals surface area contributed by atoms with Gasteiger partial charge in [-0.25, -0.2) is 0 Å². The molecule has 1 aromatic heterocycles. The molecule has 3 atom stereocenters.